The summed E-state index contributed by atoms with van der Waals surface area (Å²) in [5, 5.41) is 2.54. The second-order valence-electron chi connectivity index (χ2n) is 3.17. The summed E-state index contributed by atoms with van der Waals surface area (Å²) in [7, 11) is 0. The van der Waals surface area contributed by atoms with E-state index in [1.807, 2.05) is 11.4 Å². The van der Waals surface area contributed by atoms with Crippen molar-refractivity contribution in [3.8, 4) is 5.75 Å². The van der Waals surface area contributed by atoms with Crippen LogP contribution >= 0.6 is 38.9 Å². The van der Waals surface area contributed by atoms with Gasteiger partial charge in [-0.05, 0) is 45.6 Å². The second-order valence-corrected chi connectivity index (χ2v) is 5.43. The molecule has 0 radical (unpaired) electrons. The van der Waals surface area contributed by atoms with E-state index in [9.17, 15) is 0 Å². The Morgan fingerprint density at radius 2 is 2.19 bits per heavy atom. The van der Waals surface area contributed by atoms with Crippen molar-refractivity contribution >= 4 is 44.6 Å². The predicted molar refractivity (Wildman–Crippen MR) is 72.2 cm³/mol. The molecule has 2 aromatic rings. The van der Waals surface area contributed by atoms with Gasteiger partial charge in [-0.15, -0.1) is 11.3 Å². The van der Waals surface area contributed by atoms with Gasteiger partial charge in [-0.3, -0.25) is 0 Å². The van der Waals surface area contributed by atoms with Gasteiger partial charge in [-0.1, -0.05) is 11.6 Å². The first-order valence-electron chi connectivity index (χ1n) is 4.56. The maximum atomic E-state index is 6.00. The number of benzene rings is 1. The van der Waals surface area contributed by atoms with Crippen molar-refractivity contribution in [3.05, 3.63) is 44.0 Å². The van der Waals surface area contributed by atoms with E-state index in [4.69, 9.17) is 22.1 Å². The van der Waals surface area contributed by atoms with Crippen LogP contribution in [-0.2, 0) is 6.61 Å². The molecule has 5 heteroatoms. The minimum absolute atomic E-state index is 0.502. The van der Waals surface area contributed by atoms with E-state index in [0.717, 1.165) is 9.35 Å². The average molecular weight is 319 g/mol. The highest BCUT2D eigenvalue weighted by molar-refractivity contribution is 9.10. The van der Waals surface area contributed by atoms with Gasteiger partial charge in [0, 0.05) is 10.2 Å². The number of nitrogen functional groups attached to an aromatic ring is 1. The number of thiophene rings is 1. The molecule has 0 fully saturated rings. The van der Waals surface area contributed by atoms with Gasteiger partial charge in [0.2, 0.25) is 0 Å². The molecule has 0 bridgehead atoms. The van der Waals surface area contributed by atoms with Crippen molar-refractivity contribution in [2.75, 3.05) is 5.73 Å². The molecule has 0 saturated heterocycles. The molecular formula is C11H9BrClNOS. The fourth-order valence-electron chi connectivity index (χ4n) is 1.21. The van der Waals surface area contributed by atoms with Crippen molar-refractivity contribution in [2.45, 2.75) is 6.61 Å². The van der Waals surface area contributed by atoms with Crippen LogP contribution in [0.25, 0.3) is 0 Å². The van der Waals surface area contributed by atoms with Gasteiger partial charge in [0.05, 0.1) is 9.90 Å². The summed E-state index contributed by atoms with van der Waals surface area (Å²) in [6.45, 7) is 0.502. The van der Waals surface area contributed by atoms with Crippen molar-refractivity contribution in [2.24, 2.45) is 0 Å². The van der Waals surface area contributed by atoms with Crippen LogP contribution in [0.4, 0.5) is 5.69 Å². The first kappa shape index (κ1) is 11.8. The van der Waals surface area contributed by atoms with Crippen LogP contribution in [0.5, 0.6) is 5.75 Å². The molecule has 0 unspecified atom stereocenters. The van der Waals surface area contributed by atoms with Crippen LogP contribution in [0, 0.1) is 0 Å². The summed E-state index contributed by atoms with van der Waals surface area (Å²) < 4.78 is 6.67. The van der Waals surface area contributed by atoms with E-state index < -0.39 is 0 Å². The van der Waals surface area contributed by atoms with Crippen LogP contribution in [0.3, 0.4) is 0 Å². The lowest BCUT2D eigenvalue weighted by molar-refractivity contribution is 0.309. The SMILES string of the molecule is Nc1ccc(OCc2sccc2Br)c(Cl)c1. The minimum Gasteiger partial charge on any atom is -0.486 e. The largest absolute Gasteiger partial charge is 0.486 e. The van der Waals surface area contributed by atoms with Gasteiger partial charge in [0.1, 0.15) is 12.4 Å². The normalized spacial score (nSPS) is 10.4. The van der Waals surface area contributed by atoms with Gasteiger partial charge in [0.25, 0.3) is 0 Å². The van der Waals surface area contributed by atoms with Crippen LogP contribution in [-0.4, -0.2) is 0 Å². The zero-order valence-corrected chi connectivity index (χ0v) is 11.4. The molecule has 0 saturated carbocycles. The lowest BCUT2D eigenvalue weighted by Gasteiger charge is -2.07. The summed E-state index contributed by atoms with van der Waals surface area (Å²) in [6, 6.07) is 7.22. The molecule has 2 N–H and O–H groups in total. The first-order chi connectivity index (χ1) is 7.66. The molecule has 84 valence electrons. The zero-order valence-electron chi connectivity index (χ0n) is 8.24. The number of anilines is 1. The van der Waals surface area contributed by atoms with Crippen molar-refractivity contribution < 1.29 is 4.74 Å². The lowest BCUT2D eigenvalue weighted by atomic mass is 10.3. The maximum Gasteiger partial charge on any atom is 0.138 e. The summed E-state index contributed by atoms with van der Waals surface area (Å²) in [6.07, 6.45) is 0. The van der Waals surface area contributed by atoms with Gasteiger partial charge in [-0.2, -0.15) is 0 Å². The summed E-state index contributed by atoms with van der Waals surface area (Å²) >= 11 is 11.1. The standard InChI is InChI=1S/C11H9BrClNOS/c12-8-3-4-16-11(8)6-15-10-2-1-7(14)5-9(10)13/h1-5H,6,14H2. The highest BCUT2D eigenvalue weighted by atomic mass is 79.9. The number of halogens is 2. The molecule has 0 aliphatic rings. The third-order valence-corrected chi connectivity index (χ3v) is 4.20. The Labute approximate surface area is 111 Å². The minimum atomic E-state index is 0.502. The van der Waals surface area contributed by atoms with Crippen LogP contribution in [0.15, 0.2) is 34.1 Å². The van der Waals surface area contributed by atoms with E-state index in [-0.39, 0.29) is 0 Å². The van der Waals surface area contributed by atoms with Gasteiger partial charge < -0.3 is 10.5 Å². The Balaban J connectivity index is 2.08. The predicted octanol–water partition coefficient (Wildman–Crippen LogP) is 4.33. The topological polar surface area (TPSA) is 35.2 Å². The number of nitrogens with two attached hydrogens (primary N) is 1. The highest BCUT2D eigenvalue weighted by Crippen LogP contribution is 2.29. The molecule has 0 amide bonds. The molecule has 1 aromatic carbocycles. The average Bonchev–Trinajstić information content (AvgIpc) is 2.63. The Hall–Kier alpha value is -0.710. The summed E-state index contributed by atoms with van der Waals surface area (Å²) in [5.41, 5.74) is 6.23. The maximum absolute atomic E-state index is 6.00. The summed E-state index contributed by atoms with van der Waals surface area (Å²) in [4.78, 5) is 1.13. The van der Waals surface area contributed by atoms with Crippen LogP contribution in [0.2, 0.25) is 5.02 Å². The van der Waals surface area contributed by atoms with Crippen molar-refractivity contribution in [3.63, 3.8) is 0 Å². The number of hydrogen-bond acceptors (Lipinski definition) is 3. The quantitative estimate of drug-likeness (QED) is 0.855. The van der Waals surface area contributed by atoms with Gasteiger partial charge in [0.15, 0.2) is 0 Å². The molecule has 1 heterocycles. The van der Waals surface area contributed by atoms with Crippen molar-refractivity contribution in [1.82, 2.24) is 0 Å². The second kappa shape index (κ2) is 5.08. The lowest BCUT2D eigenvalue weighted by Crippen LogP contribution is -1.95. The van der Waals surface area contributed by atoms with E-state index in [1.165, 1.54) is 0 Å². The molecule has 0 aliphatic heterocycles. The molecule has 1 aromatic heterocycles. The molecule has 0 spiro atoms. The number of ether oxygens (including phenoxy) is 1. The Bertz CT molecular complexity index is 500. The van der Waals surface area contributed by atoms with E-state index in [0.29, 0.717) is 23.1 Å². The van der Waals surface area contributed by atoms with E-state index in [2.05, 4.69) is 15.9 Å². The molecule has 2 rings (SSSR count). The molecule has 2 nitrogen and oxygen atoms in total. The third-order valence-electron chi connectivity index (χ3n) is 2.01. The fraction of sp³-hybridized carbons (Fsp3) is 0.0909. The van der Waals surface area contributed by atoms with Crippen LogP contribution in [0.1, 0.15) is 4.88 Å². The fourth-order valence-corrected chi connectivity index (χ4v) is 2.83. The Kier molecular flexibility index (Phi) is 3.74. The summed E-state index contributed by atoms with van der Waals surface area (Å²) in [5.74, 6) is 0.649. The molecular weight excluding hydrogens is 310 g/mol. The Morgan fingerprint density at radius 1 is 1.38 bits per heavy atom. The van der Waals surface area contributed by atoms with Crippen molar-refractivity contribution in [1.29, 1.82) is 0 Å². The third kappa shape index (κ3) is 2.70. The highest BCUT2D eigenvalue weighted by Gasteiger charge is 2.05. The number of hydrogen-bond donors (Lipinski definition) is 1. The zero-order chi connectivity index (χ0) is 11.5. The first-order valence-corrected chi connectivity index (χ1v) is 6.61. The Morgan fingerprint density at radius 3 is 2.81 bits per heavy atom. The van der Waals surface area contributed by atoms with Gasteiger partial charge in [-0.25, -0.2) is 0 Å². The molecule has 16 heavy (non-hydrogen) atoms. The van der Waals surface area contributed by atoms with E-state index in [1.54, 1.807) is 29.5 Å². The van der Waals surface area contributed by atoms with Gasteiger partial charge >= 0.3 is 0 Å². The monoisotopic (exact) mass is 317 g/mol. The van der Waals surface area contributed by atoms with E-state index >= 15 is 0 Å². The van der Waals surface area contributed by atoms with Crippen LogP contribution < -0.4 is 10.5 Å². The molecule has 0 aliphatic carbocycles. The molecule has 0 atom stereocenters. The smallest absolute Gasteiger partial charge is 0.138 e. The number of rotatable bonds is 3.